The Kier molecular flexibility index (Phi) is 3.52. The topological polar surface area (TPSA) is 60.2 Å². The molecule has 1 aromatic rings. The number of carbonyl (C=O) groups excluding carboxylic acids is 1. The van der Waals surface area contributed by atoms with Crippen molar-refractivity contribution in [3.63, 3.8) is 0 Å². The molecule has 1 fully saturated rings. The Morgan fingerprint density at radius 3 is 2.59 bits per heavy atom. The third kappa shape index (κ3) is 2.70. The van der Waals surface area contributed by atoms with Crippen LogP contribution in [0, 0.1) is 16.0 Å². The van der Waals surface area contributed by atoms with Crippen LogP contribution in [0.3, 0.4) is 0 Å². The van der Waals surface area contributed by atoms with Gasteiger partial charge in [-0.1, -0.05) is 31.4 Å². The van der Waals surface area contributed by atoms with Crippen LogP contribution in [0.4, 0.5) is 5.69 Å². The molecular formula is C13H15NO3. The van der Waals surface area contributed by atoms with Gasteiger partial charge in [0.05, 0.1) is 4.92 Å². The zero-order valence-electron chi connectivity index (χ0n) is 9.59. The van der Waals surface area contributed by atoms with E-state index in [1.807, 2.05) is 0 Å². The first-order valence-corrected chi connectivity index (χ1v) is 5.97. The maximum atomic E-state index is 12.2. The Bertz CT molecular complexity index is 436. The van der Waals surface area contributed by atoms with Gasteiger partial charge >= 0.3 is 0 Å². The van der Waals surface area contributed by atoms with Gasteiger partial charge in [-0.25, -0.2) is 0 Å². The minimum atomic E-state index is -0.461. The molecule has 0 bridgehead atoms. The molecule has 2 rings (SSSR count). The summed E-state index contributed by atoms with van der Waals surface area (Å²) >= 11 is 0. The van der Waals surface area contributed by atoms with Crippen molar-refractivity contribution in [2.45, 2.75) is 32.1 Å². The number of nitro benzene ring substituents is 1. The highest BCUT2D eigenvalue weighted by atomic mass is 16.6. The highest BCUT2D eigenvalue weighted by molar-refractivity contribution is 5.98. The number of rotatable bonds is 3. The van der Waals surface area contributed by atoms with Crippen LogP contribution in [0.5, 0.6) is 0 Å². The number of ketones is 1. The first kappa shape index (κ1) is 11.8. The summed E-state index contributed by atoms with van der Waals surface area (Å²) in [6.45, 7) is 0. The molecule has 1 saturated carbocycles. The van der Waals surface area contributed by atoms with Crippen LogP contribution in [-0.4, -0.2) is 10.7 Å². The van der Waals surface area contributed by atoms with Gasteiger partial charge in [0, 0.05) is 23.6 Å². The molecule has 1 aliphatic carbocycles. The molecule has 0 amide bonds. The van der Waals surface area contributed by atoms with E-state index < -0.39 is 4.92 Å². The summed E-state index contributed by atoms with van der Waals surface area (Å²) in [5, 5.41) is 10.6. The monoisotopic (exact) mass is 233 g/mol. The van der Waals surface area contributed by atoms with Gasteiger partial charge in [-0.3, -0.25) is 14.9 Å². The number of carbonyl (C=O) groups is 1. The molecule has 1 aromatic carbocycles. The number of benzene rings is 1. The van der Waals surface area contributed by atoms with Crippen LogP contribution >= 0.6 is 0 Å². The molecule has 4 heteroatoms. The van der Waals surface area contributed by atoms with Crippen molar-refractivity contribution in [3.05, 3.63) is 39.9 Å². The average Bonchev–Trinajstić information content (AvgIpc) is 2.39. The van der Waals surface area contributed by atoms with Crippen LogP contribution in [-0.2, 0) is 0 Å². The van der Waals surface area contributed by atoms with E-state index in [0.717, 1.165) is 25.7 Å². The van der Waals surface area contributed by atoms with Crippen molar-refractivity contribution < 1.29 is 9.72 Å². The Hall–Kier alpha value is -1.71. The molecule has 17 heavy (non-hydrogen) atoms. The third-order valence-electron chi connectivity index (χ3n) is 3.32. The number of nitro groups is 1. The standard InChI is InChI=1S/C13H15NO3/c15-13(10-5-2-1-3-6-10)11-7-4-8-12(9-11)14(16)17/h4,7-10H,1-3,5-6H2. The van der Waals surface area contributed by atoms with E-state index in [0.29, 0.717) is 5.56 Å². The van der Waals surface area contributed by atoms with Crippen molar-refractivity contribution in [1.29, 1.82) is 0 Å². The van der Waals surface area contributed by atoms with E-state index >= 15 is 0 Å². The molecule has 0 atom stereocenters. The highest BCUT2D eigenvalue weighted by Gasteiger charge is 2.23. The van der Waals surface area contributed by atoms with E-state index in [-0.39, 0.29) is 17.4 Å². The van der Waals surface area contributed by atoms with Gasteiger partial charge in [-0.2, -0.15) is 0 Å². The maximum Gasteiger partial charge on any atom is 0.270 e. The van der Waals surface area contributed by atoms with Gasteiger partial charge in [0.15, 0.2) is 5.78 Å². The zero-order valence-corrected chi connectivity index (χ0v) is 9.59. The lowest BCUT2D eigenvalue weighted by Gasteiger charge is -2.20. The van der Waals surface area contributed by atoms with E-state index in [1.165, 1.54) is 18.6 Å². The number of hydrogen-bond acceptors (Lipinski definition) is 3. The summed E-state index contributed by atoms with van der Waals surface area (Å²) in [5.74, 6) is 0.124. The van der Waals surface area contributed by atoms with E-state index in [4.69, 9.17) is 0 Å². The molecule has 4 nitrogen and oxygen atoms in total. The molecule has 0 N–H and O–H groups in total. The summed E-state index contributed by atoms with van der Waals surface area (Å²) in [6.07, 6.45) is 5.21. The van der Waals surface area contributed by atoms with Gasteiger partial charge in [-0.05, 0) is 12.8 Å². The van der Waals surface area contributed by atoms with E-state index in [9.17, 15) is 14.9 Å². The summed E-state index contributed by atoms with van der Waals surface area (Å²) in [4.78, 5) is 22.3. The normalized spacial score (nSPS) is 16.7. The predicted molar refractivity (Wildman–Crippen MR) is 64.0 cm³/mol. The third-order valence-corrected chi connectivity index (χ3v) is 3.32. The number of Topliss-reactive ketones (excluding diaryl/α,β-unsaturated/α-hetero) is 1. The van der Waals surface area contributed by atoms with Crippen LogP contribution < -0.4 is 0 Å². The summed E-state index contributed by atoms with van der Waals surface area (Å²) in [7, 11) is 0. The molecule has 0 aliphatic heterocycles. The van der Waals surface area contributed by atoms with Crippen molar-refractivity contribution in [2.24, 2.45) is 5.92 Å². The van der Waals surface area contributed by atoms with Gasteiger partial charge in [0.1, 0.15) is 0 Å². The molecule has 0 heterocycles. The molecule has 0 unspecified atom stereocenters. The fourth-order valence-corrected chi connectivity index (χ4v) is 2.37. The Morgan fingerprint density at radius 1 is 1.24 bits per heavy atom. The molecular weight excluding hydrogens is 218 g/mol. The lowest BCUT2D eigenvalue weighted by atomic mass is 9.84. The predicted octanol–water partition coefficient (Wildman–Crippen LogP) is 3.36. The van der Waals surface area contributed by atoms with Crippen molar-refractivity contribution >= 4 is 11.5 Å². The highest BCUT2D eigenvalue weighted by Crippen LogP contribution is 2.27. The number of non-ortho nitro benzene ring substituents is 1. The number of nitrogens with zero attached hydrogens (tertiary/aromatic N) is 1. The molecule has 1 aliphatic rings. The maximum absolute atomic E-state index is 12.2. The first-order valence-electron chi connectivity index (χ1n) is 5.97. The Balaban J connectivity index is 2.18. The van der Waals surface area contributed by atoms with Crippen LogP contribution in [0.1, 0.15) is 42.5 Å². The minimum absolute atomic E-state index is 0.00772. The smallest absolute Gasteiger partial charge is 0.270 e. The van der Waals surface area contributed by atoms with Gasteiger partial charge in [0.25, 0.3) is 5.69 Å². The molecule has 0 saturated heterocycles. The fourth-order valence-electron chi connectivity index (χ4n) is 2.37. The van der Waals surface area contributed by atoms with E-state index in [2.05, 4.69) is 0 Å². The van der Waals surface area contributed by atoms with Crippen molar-refractivity contribution in [1.82, 2.24) is 0 Å². The summed E-state index contributed by atoms with van der Waals surface area (Å²) < 4.78 is 0. The summed E-state index contributed by atoms with van der Waals surface area (Å²) in [6, 6.07) is 6.05. The van der Waals surface area contributed by atoms with Gasteiger partial charge < -0.3 is 0 Å². The number of hydrogen-bond donors (Lipinski definition) is 0. The lowest BCUT2D eigenvalue weighted by molar-refractivity contribution is -0.384. The quantitative estimate of drug-likeness (QED) is 0.457. The van der Waals surface area contributed by atoms with E-state index in [1.54, 1.807) is 12.1 Å². The van der Waals surface area contributed by atoms with Gasteiger partial charge in [0.2, 0.25) is 0 Å². The first-order chi connectivity index (χ1) is 8.18. The SMILES string of the molecule is O=C(c1cccc([N+](=O)[O-])c1)C1CCCCC1. The molecule has 0 radical (unpaired) electrons. The molecule has 0 aromatic heterocycles. The largest absolute Gasteiger partial charge is 0.294 e. The van der Waals surface area contributed by atoms with Gasteiger partial charge in [-0.15, -0.1) is 0 Å². The van der Waals surface area contributed by atoms with Crippen LogP contribution in [0.2, 0.25) is 0 Å². The molecule has 0 spiro atoms. The summed E-state index contributed by atoms with van der Waals surface area (Å²) in [5.41, 5.74) is 0.470. The Morgan fingerprint density at radius 2 is 1.94 bits per heavy atom. The van der Waals surface area contributed by atoms with Crippen molar-refractivity contribution in [3.8, 4) is 0 Å². The lowest BCUT2D eigenvalue weighted by Crippen LogP contribution is -2.17. The minimum Gasteiger partial charge on any atom is -0.294 e. The second kappa shape index (κ2) is 5.08. The van der Waals surface area contributed by atoms with Crippen LogP contribution in [0.25, 0.3) is 0 Å². The van der Waals surface area contributed by atoms with Crippen LogP contribution in [0.15, 0.2) is 24.3 Å². The molecule has 90 valence electrons. The van der Waals surface area contributed by atoms with Crippen molar-refractivity contribution in [2.75, 3.05) is 0 Å². The zero-order chi connectivity index (χ0) is 12.3. The fraction of sp³-hybridized carbons (Fsp3) is 0.462. The second-order valence-electron chi connectivity index (χ2n) is 4.51. The Labute approximate surface area is 99.8 Å². The second-order valence-corrected chi connectivity index (χ2v) is 4.51. The average molecular weight is 233 g/mol.